The molecule has 0 aliphatic carbocycles. The SMILES string of the molecule is CC1COc2c(cccc2C(F)(F)F)CNc2nc(nc3cnc(N4CCN(C)CC4=O)cc23)O1. The molecule has 1 unspecified atom stereocenters. The lowest BCUT2D eigenvalue weighted by Crippen LogP contribution is -2.49. The summed E-state index contributed by atoms with van der Waals surface area (Å²) in [5, 5.41) is 3.67. The van der Waals surface area contributed by atoms with Crippen molar-refractivity contribution in [1.29, 1.82) is 0 Å². The summed E-state index contributed by atoms with van der Waals surface area (Å²) in [6.45, 7) is 3.03. The van der Waals surface area contributed by atoms with E-state index in [0.29, 0.717) is 41.2 Å². The van der Waals surface area contributed by atoms with Crippen molar-refractivity contribution in [3.05, 3.63) is 41.6 Å². The molecule has 35 heavy (non-hydrogen) atoms. The Labute approximate surface area is 198 Å². The van der Waals surface area contributed by atoms with Crippen LogP contribution in [0.2, 0.25) is 0 Å². The van der Waals surface area contributed by atoms with E-state index in [4.69, 9.17) is 9.47 Å². The predicted molar refractivity (Wildman–Crippen MR) is 122 cm³/mol. The number of carbonyl (C=O) groups excluding carboxylic acids is 1. The van der Waals surface area contributed by atoms with E-state index in [9.17, 15) is 18.0 Å². The van der Waals surface area contributed by atoms with Gasteiger partial charge in [0.25, 0.3) is 0 Å². The zero-order valence-corrected chi connectivity index (χ0v) is 19.1. The molecule has 2 bridgehead atoms. The molecule has 1 fully saturated rings. The van der Waals surface area contributed by atoms with E-state index in [2.05, 4.69) is 20.3 Å². The molecule has 2 aliphatic rings. The Bertz CT molecular complexity index is 1290. The van der Waals surface area contributed by atoms with Crippen LogP contribution in [0.15, 0.2) is 30.5 Å². The molecule has 1 amide bonds. The summed E-state index contributed by atoms with van der Waals surface area (Å²) in [6, 6.07) is 5.66. The number of piperazine rings is 1. The van der Waals surface area contributed by atoms with Crippen molar-refractivity contribution in [2.75, 3.05) is 43.5 Å². The van der Waals surface area contributed by atoms with Crippen LogP contribution in [-0.4, -0.2) is 65.2 Å². The molecule has 2 aliphatic heterocycles. The summed E-state index contributed by atoms with van der Waals surface area (Å²) in [5.74, 6) is 0.483. The highest BCUT2D eigenvalue weighted by molar-refractivity contribution is 5.98. The first kappa shape index (κ1) is 23.1. The lowest BCUT2D eigenvalue weighted by Gasteiger charge is -2.31. The van der Waals surface area contributed by atoms with Gasteiger partial charge in [-0.15, -0.1) is 0 Å². The number of nitrogens with zero attached hydrogens (tertiary/aromatic N) is 5. The number of alkyl halides is 3. The van der Waals surface area contributed by atoms with Gasteiger partial charge >= 0.3 is 12.2 Å². The molecule has 4 heterocycles. The highest BCUT2D eigenvalue weighted by Gasteiger charge is 2.35. The van der Waals surface area contributed by atoms with Crippen LogP contribution in [0.4, 0.5) is 24.8 Å². The zero-order chi connectivity index (χ0) is 24.7. The number of carbonyl (C=O) groups is 1. The molecule has 9 nitrogen and oxygen atoms in total. The zero-order valence-electron chi connectivity index (χ0n) is 19.1. The van der Waals surface area contributed by atoms with E-state index >= 15 is 0 Å². The molecule has 3 aromatic rings. The van der Waals surface area contributed by atoms with E-state index in [-0.39, 0.29) is 37.4 Å². The number of aromatic nitrogens is 3. The lowest BCUT2D eigenvalue weighted by atomic mass is 10.1. The van der Waals surface area contributed by atoms with Crippen LogP contribution in [-0.2, 0) is 17.5 Å². The number of fused-ring (bicyclic) bond motifs is 5. The maximum absolute atomic E-state index is 13.6. The van der Waals surface area contributed by atoms with Crippen molar-refractivity contribution in [3.63, 3.8) is 0 Å². The number of para-hydroxylation sites is 1. The van der Waals surface area contributed by atoms with E-state index in [0.717, 1.165) is 6.07 Å². The summed E-state index contributed by atoms with van der Waals surface area (Å²) in [4.78, 5) is 29.3. The van der Waals surface area contributed by atoms with Gasteiger partial charge in [0, 0.05) is 30.6 Å². The molecule has 0 radical (unpaired) electrons. The van der Waals surface area contributed by atoms with Crippen LogP contribution in [0, 0.1) is 0 Å². The van der Waals surface area contributed by atoms with Gasteiger partial charge in [-0.1, -0.05) is 12.1 Å². The lowest BCUT2D eigenvalue weighted by molar-refractivity contribution is -0.139. The minimum atomic E-state index is -4.57. The van der Waals surface area contributed by atoms with Gasteiger partial charge in [0.1, 0.15) is 30.1 Å². The van der Waals surface area contributed by atoms with Gasteiger partial charge in [-0.3, -0.25) is 14.6 Å². The van der Waals surface area contributed by atoms with Crippen LogP contribution in [0.3, 0.4) is 0 Å². The van der Waals surface area contributed by atoms with E-state index < -0.39 is 17.8 Å². The summed E-state index contributed by atoms with van der Waals surface area (Å²) in [5.41, 5.74) is -0.0591. The summed E-state index contributed by atoms with van der Waals surface area (Å²) < 4.78 is 52.3. The first-order valence-electron chi connectivity index (χ1n) is 11.1. The maximum atomic E-state index is 13.6. The summed E-state index contributed by atoms with van der Waals surface area (Å²) >= 11 is 0. The van der Waals surface area contributed by atoms with Gasteiger partial charge in [-0.25, -0.2) is 4.98 Å². The number of pyridine rings is 1. The standard InChI is InChI=1S/C23H23F3N6O3/c1-13-12-34-20-14(4-3-5-16(20)23(24,25)26)9-28-21-15-8-18(32-7-6-31(2)11-19(32)33)27-10-17(15)29-22(30-21)35-13/h3-5,8,10,13H,6-7,9,11-12H2,1-2H3,(H,28,29,30). The topological polar surface area (TPSA) is 92.7 Å². The van der Waals surface area contributed by atoms with Crippen molar-refractivity contribution in [3.8, 4) is 11.8 Å². The molecule has 1 atom stereocenters. The predicted octanol–water partition coefficient (Wildman–Crippen LogP) is 3.09. The van der Waals surface area contributed by atoms with Crippen molar-refractivity contribution >= 4 is 28.4 Å². The molecule has 12 heteroatoms. The number of benzene rings is 1. The third kappa shape index (κ3) is 4.65. The highest BCUT2D eigenvalue weighted by atomic mass is 19.4. The van der Waals surface area contributed by atoms with Gasteiger partial charge in [-0.05, 0) is 26.1 Å². The molecule has 1 N–H and O–H groups in total. The Morgan fingerprint density at radius 2 is 2.03 bits per heavy atom. The Hall–Kier alpha value is -3.67. The van der Waals surface area contributed by atoms with Crippen LogP contribution < -0.4 is 19.7 Å². The molecule has 0 saturated carbocycles. The van der Waals surface area contributed by atoms with Crippen LogP contribution in [0.5, 0.6) is 11.8 Å². The number of nitrogens with one attached hydrogen (secondary N) is 1. The number of rotatable bonds is 1. The fourth-order valence-electron chi connectivity index (χ4n) is 4.08. The summed E-state index contributed by atoms with van der Waals surface area (Å²) in [6.07, 6.45) is -3.66. The molecule has 184 valence electrons. The molecule has 2 aromatic heterocycles. The smallest absolute Gasteiger partial charge is 0.419 e. The molecular weight excluding hydrogens is 465 g/mol. The minimum absolute atomic E-state index is 0.0181. The fraction of sp³-hybridized carbons (Fsp3) is 0.391. The Morgan fingerprint density at radius 3 is 2.80 bits per heavy atom. The van der Waals surface area contributed by atoms with Crippen molar-refractivity contribution < 1.29 is 27.4 Å². The van der Waals surface area contributed by atoms with Crippen molar-refractivity contribution in [2.45, 2.75) is 25.7 Å². The normalized spacial score (nSPS) is 19.3. The first-order valence-corrected chi connectivity index (χ1v) is 11.1. The molecule has 5 rings (SSSR count). The molecule has 1 saturated heterocycles. The minimum Gasteiger partial charge on any atom is -0.489 e. The second-order valence-corrected chi connectivity index (χ2v) is 8.58. The van der Waals surface area contributed by atoms with E-state index in [1.165, 1.54) is 12.3 Å². The molecule has 1 aromatic carbocycles. The second kappa shape index (κ2) is 8.84. The summed E-state index contributed by atoms with van der Waals surface area (Å²) in [7, 11) is 1.87. The van der Waals surface area contributed by atoms with E-state index in [1.54, 1.807) is 24.0 Å². The molecular formula is C23H23F3N6O3. The first-order chi connectivity index (χ1) is 16.7. The number of likely N-dealkylation sites (N-methyl/N-ethyl adjacent to an activating group) is 1. The second-order valence-electron chi connectivity index (χ2n) is 8.58. The van der Waals surface area contributed by atoms with E-state index in [1.807, 2.05) is 11.9 Å². The Balaban J connectivity index is 1.56. The Morgan fingerprint density at radius 1 is 1.20 bits per heavy atom. The van der Waals surface area contributed by atoms with Crippen LogP contribution in [0.25, 0.3) is 10.9 Å². The number of anilines is 2. The molecule has 0 spiro atoms. The maximum Gasteiger partial charge on any atom is 0.419 e. The third-order valence-electron chi connectivity index (χ3n) is 5.85. The monoisotopic (exact) mass is 488 g/mol. The third-order valence-corrected chi connectivity index (χ3v) is 5.85. The number of hydrogen-bond donors (Lipinski definition) is 1. The average Bonchev–Trinajstić information content (AvgIpc) is 2.82. The quantitative estimate of drug-likeness (QED) is 0.559. The van der Waals surface area contributed by atoms with Crippen LogP contribution >= 0.6 is 0 Å². The number of halogens is 3. The van der Waals surface area contributed by atoms with Gasteiger partial charge in [-0.2, -0.15) is 23.1 Å². The van der Waals surface area contributed by atoms with Crippen molar-refractivity contribution in [2.24, 2.45) is 0 Å². The van der Waals surface area contributed by atoms with Crippen molar-refractivity contribution in [1.82, 2.24) is 19.9 Å². The number of ether oxygens (including phenoxy) is 2. The average molecular weight is 488 g/mol. The highest BCUT2D eigenvalue weighted by Crippen LogP contribution is 2.39. The van der Waals surface area contributed by atoms with Gasteiger partial charge < -0.3 is 14.8 Å². The van der Waals surface area contributed by atoms with Gasteiger partial charge in [0.05, 0.1) is 23.8 Å². The van der Waals surface area contributed by atoms with Gasteiger partial charge in [0.2, 0.25) is 5.91 Å². The van der Waals surface area contributed by atoms with Gasteiger partial charge in [0.15, 0.2) is 0 Å². The fourth-order valence-corrected chi connectivity index (χ4v) is 4.08. The Kier molecular flexibility index (Phi) is 5.83. The number of amides is 1. The largest absolute Gasteiger partial charge is 0.489 e. The van der Waals surface area contributed by atoms with Crippen LogP contribution in [0.1, 0.15) is 18.1 Å². The number of hydrogen-bond acceptors (Lipinski definition) is 8.